The predicted molar refractivity (Wildman–Crippen MR) is 105 cm³/mol. The minimum absolute atomic E-state index is 0.119. The number of para-hydroxylation sites is 2. The van der Waals surface area contributed by atoms with E-state index in [1.54, 1.807) is 0 Å². The average Bonchev–Trinajstić information content (AvgIpc) is 2.57. The summed E-state index contributed by atoms with van der Waals surface area (Å²) in [5.74, 6) is -0.125. The Hall–Kier alpha value is -2.40. The maximum Gasteiger partial charge on any atom is 0.243 e. The topological polar surface area (TPSA) is 53.2 Å². The summed E-state index contributed by atoms with van der Waals surface area (Å²) in [5.41, 5.74) is 5.09. The number of benzene rings is 2. The molecular formula is C19H23N3OS. The molecule has 0 aromatic heterocycles. The number of aryl methyl sites for hydroxylation is 3. The van der Waals surface area contributed by atoms with Gasteiger partial charge in [0.25, 0.3) is 0 Å². The zero-order chi connectivity index (χ0) is 17.5. The van der Waals surface area contributed by atoms with Crippen LogP contribution in [0.1, 0.15) is 23.6 Å². The Balaban J connectivity index is 1.88. The van der Waals surface area contributed by atoms with Crippen LogP contribution in [-0.2, 0) is 11.2 Å². The second-order valence-electron chi connectivity index (χ2n) is 5.63. The molecular weight excluding hydrogens is 318 g/mol. The molecule has 1 amide bonds. The zero-order valence-corrected chi connectivity index (χ0v) is 15.1. The average molecular weight is 341 g/mol. The van der Waals surface area contributed by atoms with Crippen LogP contribution in [0.25, 0.3) is 0 Å². The molecule has 3 N–H and O–H groups in total. The van der Waals surface area contributed by atoms with Gasteiger partial charge in [-0.2, -0.15) is 0 Å². The highest BCUT2D eigenvalue weighted by molar-refractivity contribution is 7.80. The molecule has 0 unspecified atom stereocenters. The maximum absolute atomic E-state index is 12.1. The fraction of sp³-hybridized carbons (Fsp3) is 0.263. The van der Waals surface area contributed by atoms with Gasteiger partial charge < -0.3 is 16.0 Å². The number of nitrogens with one attached hydrogen (secondary N) is 3. The number of anilines is 2. The van der Waals surface area contributed by atoms with Crippen molar-refractivity contribution >= 4 is 34.6 Å². The molecule has 0 saturated heterocycles. The minimum atomic E-state index is -0.125. The van der Waals surface area contributed by atoms with Gasteiger partial charge in [-0.15, -0.1) is 0 Å². The van der Waals surface area contributed by atoms with Gasteiger partial charge >= 0.3 is 0 Å². The SMILES string of the molecule is CCc1ccccc1NC(=S)NCC(=O)Nc1c(C)cccc1C. The normalized spacial score (nSPS) is 10.1. The fourth-order valence-electron chi connectivity index (χ4n) is 2.47. The molecule has 0 bridgehead atoms. The van der Waals surface area contributed by atoms with Crippen LogP contribution in [0.15, 0.2) is 42.5 Å². The van der Waals surface area contributed by atoms with E-state index in [9.17, 15) is 4.79 Å². The monoisotopic (exact) mass is 341 g/mol. The molecule has 2 rings (SSSR count). The Morgan fingerprint density at radius 1 is 1.00 bits per heavy atom. The van der Waals surface area contributed by atoms with E-state index in [-0.39, 0.29) is 12.5 Å². The van der Waals surface area contributed by atoms with Crippen molar-refractivity contribution in [3.8, 4) is 0 Å². The van der Waals surface area contributed by atoms with Crippen molar-refractivity contribution in [2.45, 2.75) is 27.2 Å². The number of carbonyl (C=O) groups excluding carboxylic acids is 1. The Kier molecular flexibility index (Phi) is 6.32. The van der Waals surface area contributed by atoms with Crippen LogP contribution < -0.4 is 16.0 Å². The molecule has 0 saturated carbocycles. The highest BCUT2D eigenvalue weighted by Crippen LogP contribution is 2.19. The molecule has 4 nitrogen and oxygen atoms in total. The number of rotatable bonds is 5. The summed E-state index contributed by atoms with van der Waals surface area (Å²) in [7, 11) is 0. The molecule has 2 aromatic rings. The predicted octanol–water partition coefficient (Wildman–Crippen LogP) is 3.79. The summed E-state index contributed by atoms with van der Waals surface area (Å²) in [6.45, 7) is 6.16. The van der Waals surface area contributed by atoms with E-state index in [2.05, 4.69) is 28.9 Å². The minimum Gasteiger partial charge on any atom is -0.353 e. The zero-order valence-electron chi connectivity index (χ0n) is 14.3. The van der Waals surface area contributed by atoms with Crippen LogP contribution >= 0.6 is 12.2 Å². The first-order valence-corrected chi connectivity index (χ1v) is 8.41. The molecule has 126 valence electrons. The van der Waals surface area contributed by atoms with E-state index < -0.39 is 0 Å². The van der Waals surface area contributed by atoms with Gasteiger partial charge in [-0.3, -0.25) is 4.79 Å². The van der Waals surface area contributed by atoms with Gasteiger partial charge in [0.15, 0.2) is 5.11 Å². The second kappa shape index (κ2) is 8.45. The van der Waals surface area contributed by atoms with Crippen molar-refractivity contribution in [3.63, 3.8) is 0 Å². The van der Waals surface area contributed by atoms with E-state index in [1.165, 1.54) is 5.56 Å². The Morgan fingerprint density at radius 2 is 1.67 bits per heavy atom. The largest absolute Gasteiger partial charge is 0.353 e. The molecule has 5 heteroatoms. The van der Waals surface area contributed by atoms with Crippen molar-refractivity contribution in [3.05, 3.63) is 59.2 Å². The van der Waals surface area contributed by atoms with E-state index in [4.69, 9.17) is 12.2 Å². The van der Waals surface area contributed by atoms with Crippen molar-refractivity contribution < 1.29 is 4.79 Å². The van der Waals surface area contributed by atoms with Crippen LogP contribution in [-0.4, -0.2) is 17.6 Å². The van der Waals surface area contributed by atoms with Gasteiger partial charge in [0.05, 0.1) is 6.54 Å². The molecule has 0 aliphatic heterocycles. The summed E-state index contributed by atoms with van der Waals surface area (Å²) in [6.07, 6.45) is 0.916. The third-order valence-electron chi connectivity index (χ3n) is 3.80. The maximum atomic E-state index is 12.1. The standard InChI is InChI=1S/C19H23N3OS/c1-4-15-10-5-6-11-16(15)21-19(24)20-12-17(23)22-18-13(2)8-7-9-14(18)3/h5-11H,4,12H2,1-3H3,(H,22,23)(H2,20,21,24). The number of hydrogen-bond acceptors (Lipinski definition) is 2. The van der Waals surface area contributed by atoms with Crippen LogP contribution in [0, 0.1) is 13.8 Å². The molecule has 24 heavy (non-hydrogen) atoms. The van der Waals surface area contributed by atoms with E-state index in [1.807, 2.05) is 50.2 Å². The number of thiocarbonyl (C=S) groups is 1. The van der Waals surface area contributed by atoms with Crippen molar-refractivity contribution in [2.75, 3.05) is 17.2 Å². The molecule has 2 aromatic carbocycles. The van der Waals surface area contributed by atoms with Gasteiger partial charge in [-0.1, -0.05) is 43.3 Å². The summed E-state index contributed by atoms with van der Waals surface area (Å²) >= 11 is 5.28. The second-order valence-corrected chi connectivity index (χ2v) is 6.04. The van der Waals surface area contributed by atoms with E-state index >= 15 is 0 Å². The van der Waals surface area contributed by atoms with Crippen molar-refractivity contribution in [1.82, 2.24) is 5.32 Å². The number of amides is 1. The lowest BCUT2D eigenvalue weighted by atomic mass is 10.1. The molecule has 0 atom stereocenters. The third kappa shape index (κ3) is 4.80. The molecule has 0 aliphatic rings. The summed E-state index contributed by atoms with van der Waals surface area (Å²) < 4.78 is 0. The lowest BCUT2D eigenvalue weighted by Gasteiger charge is -2.14. The Morgan fingerprint density at radius 3 is 2.33 bits per heavy atom. The van der Waals surface area contributed by atoms with E-state index in [0.717, 1.165) is 28.9 Å². The first-order valence-electron chi connectivity index (χ1n) is 8.00. The van der Waals surface area contributed by atoms with Gasteiger partial charge in [0.2, 0.25) is 5.91 Å². The van der Waals surface area contributed by atoms with Crippen LogP contribution in [0.3, 0.4) is 0 Å². The number of carbonyl (C=O) groups is 1. The highest BCUT2D eigenvalue weighted by Gasteiger charge is 2.08. The van der Waals surface area contributed by atoms with Crippen LogP contribution in [0.5, 0.6) is 0 Å². The highest BCUT2D eigenvalue weighted by atomic mass is 32.1. The summed E-state index contributed by atoms with van der Waals surface area (Å²) in [4.78, 5) is 12.1. The molecule has 0 radical (unpaired) electrons. The van der Waals surface area contributed by atoms with Crippen LogP contribution in [0.2, 0.25) is 0 Å². The van der Waals surface area contributed by atoms with Crippen molar-refractivity contribution in [2.24, 2.45) is 0 Å². The lowest BCUT2D eigenvalue weighted by Crippen LogP contribution is -2.36. The van der Waals surface area contributed by atoms with E-state index in [0.29, 0.717) is 5.11 Å². The molecule has 0 heterocycles. The van der Waals surface area contributed by atoms with Gasteiger partial charge in [-0.05, 0) is 55.2 Å². The third-order valence-corrected chi connectivity index (χ3v) is 4.05. The van der Waals surface area contributed by atoms with Gasteiger partial charge in [-0.25, -0.2) is 0 Å². The van der Waals surface area contributed by atoms with Crippen molar-refractivity contribution in [1.29, 1.82) is 0 Å². The summed E-state index contributed by atoms with van der Waals surface area (Å²) in [5, 5.41) is 9.46. The molecule has 0 aliphatic carbocycles. The molecule has 0 fully saturated rings. The van der Waals surface area contributed by atoms with Gasteiger partial charge in [0.1, 0.15) is 0 Å². The first-order chi connectivity index (χ1) is 11.5. The quantitative estimate of drug-likeness (QED) is 0.724. The smallest absolute Gasteiger partial charge is 0.243 e. The van der Waals surface area contributed by atoms with Gasteiger partial charge in [0, 0.05) is 11.4 Å². The lowest BCUT2D eigenvalue weighted by molar-refractivity contribution is -0.115. The molecule has 0 spiro atoms. The van der Waals surface area contributed by atoms with Crippen LogP contribution in [0.4, 0.5) is 11.4 Å². The number of hydrogen-bond donors (Lipinski definition) is 3. The fourth-order valence-corrected chi connectivity index (χ4v) is 2.65. The first kappa shape index (κ1) is 17.9. The summed E-state index contributed by atoms with van der Waals surface area (Å²) in [6, 6.07) is 13.9. The Labute approximate surface area is 148 Å². The Bertz CT molecular complexity index is 723.